The van der Waals surface area contributed by atoms with Crippen LogP contribution in [0.15, 0.2) is 54.7 Å². The molecule has 0 radical (unpaired) electrons. The topological polar surface area (TPSA) is 66.0 Å². The van der Waals surface area contributed by atoms with Crippen LogP contribution in [0.25, 0.3) is 0 Å². The Hall–Kier alpha value is -3.15. The van der Waals surface area contributed by atoms with E-state index in [1.807, 2.05) is 50.5 Å². The predicted molar refractivity (Wildman–Crippen MR) is 112 cm³/mol. The van der Waals surface area contributed by atoms with Crippen LogP contribution in [0.1, 0.15) is 26.3 Å². The lowest BCUT2D eigenvalue weighted by atomic mass is 9.86. The van der Waals surface area contributed by atoms with E-state index in [2.05, 4.69) is 63.6 Å². The van der Waals surface area contributed by atoms with Gasteiger partial charge in [0.05, 0.1) is 6.20 Å². The van der Waals surface area contributed by atoms with Crippen LogP contribution in [0, 0.1) is 0 Å². The zero-order valence-electron chi connectivity index (χ0n) is 16.5. The highest BCUT2D eigenvalue weighted by Crippen LogP contribution is 2.30. The van der Waals surface area contributed by atoms with Crippen LogP contribution in [0.3, 0.4) is 0 Å². The van der Waals surface area contributed by atoms with Gasteiger partial charge in [0.1, 0.15) is 0 Å². The first kappa shape index (κ1) is 18.6. The summed E-state index contributed by atoms with van der Waals surface area (Å²) in [6, 6.07) is 16.3. The number of hydrogen-bond acceptors (Lipinski definition) is 6. The van der Waals surface area contributed by atoms with Crippen molar-refractivity contribution in [2.45, 2.75) is 26.2 Å². The Balaban J connectivity index is 1.79. The summed E-state index contributed by atoms with van der Waals surface area (Å²) in [4.78, 5) is 6.59. The summed E-state index contributed by atoms with van der Waals surface area (Å²) >= 11 is 0. The van der Waals surface area contributed by atoms with E-state index in [4.69, 9.17) is 0 Å². The van der Waals surface area contributed by atoms with E-state index in [1.54, 1.807) is 6.20 Å². The van der Waals surface area contributed by atoms with Crippen molar-refractivity contribution in [2.75, 3.05) is 29.6 Å². The fourth-order valence-electron chi connectivity index (χ4n) is 2.77. The van der Waals surface area contributed by atoms with Gasteiger partial charge in [0, 0.05) is 31.2 Å². The lowest BCUT2D eigenvalue weighted by Gasteiger charge is -2.23. The molecule has 0 bridgehead atoms. The Morgan fingerprint density at radius 2 is 1.59 bits per heavy atom. The molecule has 0 fully saturated rings. The van der Waals surface area contributed by atoms with Crippen molar-refractivity contribution in [3.63, 3.8) is 0 Å². The second kappa shape index (κ2) is 7.61. The first-order valence-electron chi connectivity index (χ1n) is 8.93. The third-order valence-electron chi connectivity index (χ3n) is 4.20. The molecule has 6 nitrogen and oxygen atoms in total. The number of aromatic nitrogens is 3. The second-order valence-electron chi connectivity index (χ2n) is 7.65. The smallest absolute Gasteiger partial charge is 0.249 e. The minimum absolute atomic E-state index is 0.0271. The molecule has 0 unspecified atom stereocenters. The zero-order chi connectivity index (χ0) is 19.4. The van der Waals surface area contributed by atoms with Crippen LogP contribution < -0.4 is 15.5 Å². The Kier molecular flexibility index (Phi) is 5.26. The lowest BCUT2D eigenvalue weighted by Crippen LogP contribution is -2.14. The van der Waals surface area contributed by atoms with Crippen molar-refractivity contribution < 1.29 is 0 Å². The van der Waals surface area contributed by atoms with Crippen LogP contribution in [-0.4, -0.2) is 29.3 Å². The molecule has 0 aliphatic rings. The maximum atomic E-state index is 4.54. The maximum Gasteiger partial charge on any atom is 0.249 e. The van der Waals surface area contributed by atoms with Gasteiger partial charge in [0.2, 0.25) is 5.95 Å². The van der Waals surface area contributed by atoms with Gasteiger partial charge in [-0.05, 0) is 41.3 Å². The number of hydrogen-bond donors (Lipinski definition) is 2. The Morgan fingerprint density at radius 3 is 2.26 bits per heavy atom. The van der Waals surface area contributed by atoms with Gasteiger partial charge in [0.15, 0.2) is 5.82 Å². The lowest BCUT2D eigenvalue weighted by molar-refractivity contribution is 0.592. The summed E-state index contributed by atoms with van der Waals surface area (Å²) in [5, 5.41) is 14.7. The van der Waals surface area contributed by atoms with Gasteiger partial charge in [-0.3, -0.25) is 0 Å². The molecule has 0 aliphatic heterocycles. The zero-order valence-corrected chi connectivity index (χ0v) is 16.5. The molecule has 1 heterocycles. The Labute approximate surface area is 160 Å². The maximum absolute atomic E-state index is 4.54. The normalized spacial score (nSPS) is 11.1. The molecule has 2 aromatic carbocycles. The quantitative estimate of drug-likeness (QED) is 0.684. The van der Waals surface area contributed by atoms with Crippen LogP contribution in [-0.2, 0) is 5.41 Å². The van der Waals surface area contributed by atoms with Crippen molar-refractivity contribution in [1.29, 1.82) is 0 Å². The molecule has 3 rings (SSSR count). The van der Waals surface area contributed by atoms with Crippen LogP contribution in [0.4, 0.5) is 28.8 Å². The molecule has 0 spiro atoms. The largest absolute Gasteiger partial charge is 0.378 e. The summed E-state index contributed by atoms with van der Waals surface area (Å²) in [7, 11) is 4.03. The van der Waals surface area contributed by atoms with Gasteiger partial charge < -0.3 is 15.5 Å². The highest BCUT2D eigenvalue weighted by molar-refractivity contribution is 5.63. The van der Waals surface area contributed by atoms with Crippen molar-refractivity contribution in [3.05, 3.63) is 60.3 Å². The molecule has 0 aliphatic carbocycles. The van der Waals surface area contributed by atoms with Crippen LogP contribution >= 0.6 is 0 Å². The standard InChI is InChI=1S/C21H26N6/c1-21(2,3)17-8-6-7-9-18(17)24-19-14-22-26-20(25-19)23-15-10-12-16(13-11-15)27(4)5/h6-14H,1-5H3,(H2,23,24,25,26). The molecule has 6 heteroatoms. The van der Waals surface area contributed by atoms with Crippen molar-refractivity contribution in [3.8, 4) is 0 Å². The number of anilines is 5. The van der Waals surface area contributed by atoms with Gasteiger partial charge >= 0.3 is 0 Å². The predicted octanol–water partition coefficient (Wildman–Crippen LogP) is 4.72. The first-order chi connectivity index (χ1) is 12.8. The van der Waals surface area contributed by atoms with E-state index >= 15 is 0 Å². The third kappa shape index (κ3) is 4.73. The van der Waals surface area contributed by atoms with Crippen molar-refractivity contribution >= 4 is 28.8 Å². The molecule has 3 aromatic rings. The van der Waals surface area contributed by atoms with E-state index in [0.717, 1.165) is 17.1 Å². The summed E-state index contributed by atoms with van der Waals surface area (Å²) in [5.74, 6) is 1.10. The molecule has 0 saturated heterocycles. The minimum Gasteiger partial charge on any atom is -0.378 e. The van der Waals surface area contributed by atoms with E-state index in [1.165, 1.54) is 5.56 Å². The fourth-order valence-corrected chi connectivity index (χ4v) is 2.77. The molecular weight excluding hydrogens is 336 g/mol. The molecule has 27 heavy (non-hydrogen) atoms. The van der Waals surface area contributed by atoms with Gasteiger partial charge in [-0.2, -0.15) is 10.1 Å². The number of benzene rings is 2. The average Bonchev–Trinajstić information content (AvgIpc) is 2.62. The van der Waals surface area contributed by atoms with Gasteiger partial charge in [-0.15, -0.1) is 5.10 Å². The average molecular weight is 362 g/mol. The van der Waals surface area contributed by atoms with Gasteiger partial charge in [0.25, 0.3) is 0 Å². The number of rotatable bonds is 5. The molecule has 0 saturated carbocycles. The van der Waals surface area contributed by atoms with E-state index < -0.39 is 0 Å². The third-order valence-corrected chi connectivity index (χ3v) is 4.20. The molecule has 1 aromatic heterocycles. The fraction of sp³-hybridized carbons (Fsp3) is 0.286. The number of nitrogens with zero attached hydrogens (tertiary/aromatic N) is 4. The Bertz CT molecular complexity index is 897. The number of nitrogens with one attached hydrogen (secondary N) is 2. The first-order valence-corrected chi connectivity index (χ1v) is 8.93. The van der Waals surface area contributed by atoms with Gasteiger partial charge in [-0.1, -0.05) is 39.0 Å². The molecule has 2 N–H and O–H groups in total. The number of para-hydroxylation sites is 1. The van der Waals surface area contributed by atoms with Crippen molar-refractivity contribution in [2.24, 2.45) is 0 Å². The summed E-state index contributed by atoms with van der Waals surface area (Å²) < 4.78 is 0. The molecule has 0 amide bonds. The minimum atomic E-state index is 0.0271. The van der Waals surface area contributed by atoms with Crippen molar-refractivity contribution in [1.82, 2.24) is 15.2 Å². The monoisotopic (exact) mass is 362 g/mol. The second-order valence-corrected chi connectivity index (χ2v) is 7.65. The summed E-state index contributed by atoms with van der Waals surface area (Å²) in [5.41, 5.74) is 4.31. The molecule has 140 valence electrons. The molecule has 0 atom stereocenters. The van der Waals surface area contributed by atoms with E-state index in [-0.39, 0.29) is 5.41 Å². The van der Waals surface area contributed by atoms with Crippen LogP contribution in [0.5, 0.6) is 0 Å². The van der Waals surface area contributed by atoms with Gasteiger partial charge in [-0.25, -0.2) is 0 Å². The summed E-state index contributed by atoms with van der Waals surface area (Å²) in [6.07, 6.45) is 1.62. The van der Waals surface area contributed by atoms with Crippen LogP contribution in [0.2, 0.25) is 0 Å². The highest BCUT2D eigenvalue weighted by atomic mass is 15.3. The Morgan fingerprint density at radius 1 is 0.889 bits per heavy atom. The summed E-state index contributed by atoms with van der Waals surface area (Å²) in [6.45, 7) is 6.57. The SMILES string of the molecule is CN(C)c1ccc(Nc2nncc(Nc3ccccc3C(C)(C)C)n2)cc1. The van der Waals surface area contributed by atoms with E-state index in [0.29, 0.717) is 11.8 Å². The van der Waals surface area contributed by atoms with E-state index in [9.17, 15) is 0 Å². The molecular formula is C21H26N6. The highest BCUT2D eigenvalue weighted by Gasteiger charge is 2.17.